The maximum absolute atomic E-state index is 14.2. The van der Waals surface area contributed by atoms with E-state index in [2.05, 4.69) is 26.8 Å². The SMILES string of the molecule is CN(CCN1CCC(N(C(=O)O)c2ccccc2-c2ccccc2)CC1)C(=O)CCCN(C)c1ccc(C(=O)N(C)CCCN(C)C(=O)CO[C@H]2Cc3ccccc3C23CCN(CC[C@@]2(c4ccc(F)cc4)CN(C(=O)c4cc(C(F)(F)F)cc(C(F)(F)F)c4)CO2)CC3)cc1. The molecule has 0 unspecified atom stereocenters. The molecule has 0 bridgehead atoms. The Morgan fingerprint density at radius 2 is 1.26 bits per heavy atom. The van der Waals surface area contributed by atoms with Gasteiger partial charge in [-0.3, -0.25) is 24.1 Å². The summed E-state index contributed by atoms with van der Waals surface area (Å²) in [6.45, 7) is 4.94. The standard InChI is InChI=1S/C73H83F7N8O8/c1-81(34-12-20-65(89)83(3)42-43-85-37-29-60(30-38-85)88(69(93)94)63-19-11-9-17-61(63)51-14-6-5-7-15-51)59-27-21-52(22-28-59)67(91)84(4)36-13-35-82(2)66(90)48-95-64-46-53-16-8-10-18-62(53)70(64)31-39-86(40-32-70)41-33-71(55-23-25-58(74)26-24-55)49-87(50-96-71)68(92)54-44-56(72(75,76)77)47-57(45-54)73(78,79)80/h5-11,14-19,21-28,44-45,47,60,64H,12-13,20,29-43,46,48-50H2,1-4H3,(H,93,94)/t64-,71-/m0/s1. The third-order valence-corrected chi connectivity index (χ3v) is 19.8. The molecule has 0 radical (unpaired) electrons. The Morgan fingerprint density at radius 3 is 1.93 bits per heavy atom. The highest BCUT2D eigenvalue weighted by Gasteiger charge is 2.50. The molecule has 10 rings (SSSR count). The maximum Gasteiger partial charge on any atom is 0.416 e. The highest BCUT2D eigenvalue weighted by atomic mass is 19.4. The molecule has 5 amide bonds. The lowest BCUT2D eigenvalue weighted by atomic mass is 9.72. The van der Waals surface area contributed by atoms with Gasteiger partial charge in [0.1, 0.15) is 24.8 Å². The summed E-state index contributed by atoms with van der Waals surface area (Å²) < 4.78 is 110. The van der Waals surface area contributed by atoms with E-state index < -0.39 is 64.6 Å². The average Bonchev–Trinajstić information content (AvgIpc) is 1.58. The van der Waals surface area contributed by atoms with E-state index in [1.807, 2.05) is 93.0 Å². The predicted molar refractivity (Wildman–Crippen MR) is 351 cm³/mol. The van der Waals surface area contributed by atoms with Gasteiger partial charge >= 0.3 is 18.4 Å². The zero-order valence-electron chi connectivity index (χ0n) is 54.6. The van der Waals surface area contributed by atoms with Crippen molar-refractivity contribution in [2.45, 2.75) is 93.3 Å². The zero-order valence-corrected chi connectivity index (χ0v) is 54.6. The lowest BCUT2D eigenvalue weighted by Gasteiger charge is -2.44. The van der Waals surface area contributed by atoms with Gasteiger partial charge in [-0.25, -0.2) is 9.18 Å². The summed E-state index contributed by atoms with van der Waals surface area (Å²) in [5.41, 5.74) is 1.03. The normalized spacial score (nSPS) is 18.3. The fourth-order valence-electron chi connectivity index (χ4n) is 14.0. The van der Waals surface area contributed by atoms with Gasteiger partial charge in [0.05, 0.1) is 29.5 Å². The van der Waals surface area contributed by atoms with Gasteiger partial charge in [0.2, 0.25) is 11.8 Å². The summed E-state index contributed by atoms with van der Waals surface area (Å²) in [6.07, 6.45) is -6.49. The molecule has 3 fully saturated rings. The van der Waals surface area contributed by atoms with Crippen molar-refractivity contribution in [1.82, 2.24) is 29.4 Å². The third-order valence-electron chi connectivity index (χ3n) is 19.8. The number of carbonyl (C=O) groups is 5. The number of piperidine rings is 2. The fourth-order valence-corrected chi connectivity index (χ4v) is 14.0. The van der Waals surface area contributed by atoms with Crippen LogP contribution >= 0.6 is 0 Å². The first-order chi connectivity index (χ1) is 45.8. The Labute approximate surface area is 555 Å². The number of rotatable bonds is 24. The second-order valence-corrected chi connectivity index (χ2v) is 25.9. The second kappa shape index (κ2) is 30.4. The Balaban J connectivity index is 0.640. The molecule has 512 valence electrons. The smallest absolute Gasteiger partial charge is 0.416 e. The number of carbonyl (C=O) groups excluding carboxylic acids is 4. The van der Waals surface area contributed by atoms with Crippen molar-refractivity contribution < 1.29 is 69.3 Å². The Morgan fingerprint density at radius 1 is 0.646 bits per heavy atom. The van der Waals surface area contributed by atoms with Crippen LogP contribution < -0.4 is 9.80 Å². The van der Waals surface area contributed by atoms with Gasteiger partial charge in [-0.2, -0.15) is 26.3 Å². The number of benzene rings is 6. The molecule has 3 heterocycles. The minimum atomic E-state index is -5.15. The van der Waals surface area contributed by atoms with Crippen molar-refractivity contribution in [2.24, 2.45) is 0 Å². The van der Waals surface area contributed by atoms with Crippen LogP contribution in [0.5, 0.6) is 0 Å². The van der Waals surface area contributed by atoms with Crippen LogP contribution in [-0.2, 0) is 48.9 Å². The first-order valence-electron chi connectivity index (χ1n) is 32.7. The van der Waals surface area contributed by atoms with Crippen molar-refractivity contribution in [2.75, 3.05) is 123 Å². The number of halogens is 7. The van der Waals surface area contributed by atoms with E-state index in [0.717, 1.165) is 45.9 Å². The van der Waals surface area contributed by atoms with Gasteiger partial charge in [-0.1, -0.05) is 84.9 Å². The van der Waals surface area contributed by atoms with Crippen molar-refractivity contribution in [3.63, 3.8) is 0 Å². The van der Waals surface area contributed by atoms with Crippen LogP contribution in [0.25, 0.3) is 11.1 Å². The van der Waals surface area contributed by atoms with E-state index in [1.54, 1.807) is 40.9 Å². The Hall–Kier alpha value is -8.38. The van der Waals surface area contributed by atoms with Gasteiger partial charge in [-0.05, 0) is 147 Å². The minimum Gasteiger partial charge on any atom is -0.465 e. The number of likely N-dealkylation sites (N-methyl/N-ethyl adjacent to an activating group) is 2. The van der Waals surface area contributed by atoms with E-state index in [1.165, 1.54) is 29.2 Å². The van der Waals surface area contributed by atoms with Gasteiger partial charge in [0.25, 0.3) is 11.8 Å². The van der Waals surface area contributed by atoms with Gasteiger partial charge in [0, 0.05) is 121 Å². The monoisotopic (exact) mass is 1330 g/mol. The Kier molecular flexibility index (Phi) is 22.3. The maximum atomic E-state index is 14.2. The molecule has 0 saturated carbocycles. The van der Waals surface area contributed by atoms with E-state index in [9.17, 15) is 59.8 Å². The Bertz CT molecular complexity index is 3650. The number of amides is 5. The molecule has 23 heteroatoms. The fraction of sp³-hybridized carbons (Fsp3) is 0.438. The molecular weight excluding hydrogens is 1250 g/mol. The molecule has 3 aliphatic heterocycles. The second-order valence-electron chi connectivity index (χ2n) is 25.9. The molecule has 16 nitrogen and oxygen atoms in total. The van der Waals surface area contributed by atoms with Crippen LogP contribution in [-0.4, -0.2) is 190 Å². The molecule has 1 spiro atoms. The summed E-state index contributed by atoms with van der Waals surface area (Å²) in [4.78, 5) is 81.1. The molecule has 0 aromatic heterocycles. The topological polar surface area (TPSA) is 150 Å². The highest BCUT2D eigenvalue weighted by Crippen LogP contribution is 2.49. The number of alkyl halides is 6. The van der Waals surface area contributed by atoms with E-state index in [4.69, 9.17) is 9.47 Å². The molecule has 96 heavy (non-hydrogen) atoms. The predicted octanol–water partition coefficient (Wildman–Crippen LogP) is 12.2. The van der Waals surface area contributed by atoms with Crippen LogP contribution in [0, 0.1) is 5.82 Å². The lowest BCUT2D eigenvalue weighted by molar-refractivity contribution is -0.143. The molecule has 2 atom stereocenters. The molecule has 1 aliphatic carbocycles. The highest BCUT2D eigenvalue weighted by molar-refractivity contribution is 5.96. The number of hydrogen-bond acceptors (Lipinski definition) is 10. The first-order valence-corrected chi connectivity index (χ1v) is 32.7. The van der Waals surface area contributed by atoms with E-state index in [-0.39, 0.29) is 55.5 Å². The summed E-state index contributed by atoms with van der Waals surface area (Å²) in [6, 6.07) is 39.0. The quantitative estimate of drug-likeness (QED) is 0.0577. The molecule has 3 saturated heterocycles. The van der Waals surface area contributed by atoms with Gasteiger partial charge in [0.15, 0.2) is 0 Å². The molecule has 4 aliphatic rings. The first kappa shape index (κ1) is 70.4. The van der Waals surface area contributed by atoms with Crippen LogP contribution in [0.15, 0.2) is 146 Å². The molecule has 6 aromatic rings. The van der Waals surface area contributed by atoms with Crippen LogP contribution in [0.2, 0.25) is 0 Å². The average molecular weight is 1330 g/mol. The van der Waals surface area contributed by atoms with Crippen LogP contribution in [0.4, 0.5) is 46.9 Å². The molecule has 6 aromatic carbocycles. The number of carboxylic acid groups (broad SMARTS) is 1. The summed E-state index contributed by atoms with van der Waals surface area (Å²) >= 11 is 0. The number of hydrogen-bond donors (Lipinski definition) is 1. The zero-order chi connectivity index (χ0) is 68.5. The van der Waals surface area contributed by atoms with E-state index in [0.29, 0.717) is 133 Å². The minimum absolute atomic E-state index is 0.0302. The van der Waals surface area contributed by atoms with Crippen molar-refractivity contribution >= 4 is 41.1 Å². The number of para-hydroxylation sites is 1. The van der Waals surface area contributed by atoms with Crippen molar-refractivity contribution in [1.29, 1.82) is 0 Å². The summed E-state index contributed by atoms with van der Waals surface area (Å²) in [5.74, 6) is -1.92. The number of nitrogens with zero attached hydrogens (tertiary/aromatic N) is 8. The molecular formula is C73H83F7N8O8. The lowest BCUT2D eigenvalue weighted by Crippen LogP contribution is -2.50. The largest absolute Gasteiger partial charge is 0.465 e. The number of likely N-dealkylation sites (tertiary alicyclic amines) is 2. The number of ether oxygens (including phenoxy) is 2. The van der Waals surface area contributed by atoms with Crippen molar-refractivity contribution in [3.05, 3.63) is 190 Å². The molecule has 1 N–H and O–H groups in total. The van der Waals surface area contributed by atoms with Crippen molar-refractivity contribution in [3.8, 4) is 11.1 Å². The van der Waals surface area contributed by atoms with Crippen LogP contribution in [0.1, 0.15) is 99.9 Å². The summed E-state index contributed by atoms with van der Waals surface area (Å²) in [7, 11) is 7.21. The van der Waals surface area contributed by atoms with Crippen LogP contribution in [0.3, 0.4) is 0 Å². The van der Waals surface area contributed by atoms with Gasteiger partial charge < -0.3 is 48.9 Å². The van der Waals surface area contributed by atoms with Gasteiger partial charge in [-0.15, -0.1) is 0 Å². The third kappa shape index (κ3) is 16.5. The number of fused-ring (bicyclic) bond motifs is 2. The summed E-state index contributed by atoms with van der Waals surface area (Å²) in [5, 5.41) is 10.4. The number of anilines is 2. The van der Waals surface area contributed by atoms with E-state index >= 15 is 0 Å².